The van der Waals surface area contributed by atoms with E-state index in [0.717, 1.165) is 25.0 Å². The molecule has 0 saturated heterocycles. The molecule has 118 valence electrons. The molecule has 1 aromatic rings. The quantitative estimate of drug-likeness (QED) is 0.902. The van der Waals surface area contributed by atoms with Crippen molar-refractivity contribution in [2.45, 2.75) is 26.7 Å². The smallest absolute Gasteiger partial charge is 0.319 e. The van der Waals surface area contributed by atoms with Gasteiger partial charge in [0, 0.05) is 25.4 Å². The summed E-state index contributed by atoms with van der Waals surface area (Å²) in [5.74, 6) is -0.376. The molecule has 0 spiro atoms. The van der Waals surface area contributed by atoms with Crippen LogP contribution >= 0.6 is 0 Å². The first kappa shape index (κ1) is 16.0. The van der Waals surface area contributed by atoms with Crippen LogP contribution in [-0.2, 0) is 0 Å². The Morgan fingerprint density at radius 3 is 3.00 bits per heavy atom. The van der Waals surface area contributed by atoms with E-state index in [1.165, 1.54) is 12.3 Å². The zero-order valence-electron chi connectivity index (χ0n) is 12.9. The van der Waals surface area contributed by atoms with Crippen LogP contribution in [0.25, 0.3) is 0 Å². The first-order chi connectivity index (χ1) is 10.6. The zero-order chi connectivity index (χ0) is 15.9. The summed E-state index contributed by atoms with van der Waals surface area (Å²) >= 11 is 0. The number of anilines is 1. The van der Waals surface area contributed by atoms with Crippen molar-refractivity contribution in [2.75, 3.05) is 18.0 Å². The summed E-state index contributed by atoms with van der Waals surface area (Å²) in [5.41, 5.74) is 2.36. The molecule has 6 heteroatoms. The van der Waals surface area contributed by atoms with Crippen LogP contribution < -0.4 is 15.5 Å². The number of hydrogen-bond acceptors (Lipinski definition) is 3. The molecular weight excluding hydrogens is 283 g/mol. The fraction of sp³-hybridized carbons (Fsp3) is 0.375. The molecule has 0 aliphatic carbocycles. The molecule has 0 bridgehead atoms. The molecule has 0 fully saturated rings. The van der Waals surface area contributed by atoms with Crippen LogP contribution in [0.3, 0.4) is 0 Å². The molecule has 0 atom stereocenters. The predicted octanol–water partition coefficient (Wildman–Crippen LogP) is 2.93. The lowest BCUT2D eigenvalue weighted by atomic mass is 10.1. The van der Waals surface area contributed by atoms with Crippen molar-refractivity contribution in [3.8, 4) is 0 Å². The maximum absolute atomic E-state index is 13.4. The van der Waals surface area contributed by atoms with Gasteiger partial charge in [-0.2, -0.15) is 0 Å². The molecule has 2 amide bonds. The Labute approximate surface area is 129 Å². The van der Waals surface area contributed by atoms with Gasteiger partial charge >= 0.3 is 6.03 Å². The summed E-state index contributed by atoms with van der Waals surface area (Å²) in [6, 6.07) is 1.19. The summed E-state index contributed by atoms with van der Waals surface area (Å²) in [6.45, 7) is 5.10. The molecule has 2 heterocycles. The van der Waals surface area contributed by atoms with Gasteiger partial charge in [-0.1, -0.05) is 6.08 Å². The van der Waals surface area contributed by atoms with Gasteiger partial charge in [0.05, 0.1) is 23.8 Å². The Morgan fingerprint density at radius 1 is 1.45 bits per heavy atom. The predicted molar refractivity (Wildman–Crippen MR) is 84.8 cm³/mol. The molecule has 22 heavy (non-hydrogen) atoms. The van der Waals surface area contributed by atoms with E-state index in [0.29, 0.717) is 17.9 Å². The van der Waals surface area contributed by atoms with E-state index in [1.807, 2.05) is 24.9 Å². The van der Waals surface area contributed by atoms with Gasteiger partial charge in [0.2, 0.25) is 0 Å². The Bertz CT molecular complexity index is 598. The van der Waals surface area contributed by atoms with Crippen molar-refractivity contribution < 1.29 is 9.18 Å². The number of hydrogen-bond donors (Lipinski definition) is 2. The number of rotatable bonds is 3. The van der Waals surface area contributed by atoms with Crippen molar-refractivity contribution in [3.05, 3.63) is 47.8 Å². The number of urea groups is 1. The van der Waals surface area contributed by atoms with Gasteiger partial charge in [0.1, 0.15) is 5.82 Å². The monoisotopic (exact) mass is 304 g/mol. The minimum absolute atomic E-state index is 0.251. The van der Waals surface area contributed by atoms with Gasteiger partial charge in [-0.05, 0) is 32.3 Å². The molecule has 0 aromatic carbocycles. The number of pyridine rings is 1. The number of amides is 2. The van der Waals surface area contributed by atoms with Crippen LogP contribution in [0, 0.1) is 5.82 Å². The molecule has 0 unspecified atom stereocenters. The molecular formula is C16H21FN4O. The van der Waals surface area contributed by atoms with E-state index in [1.54, 1.807) is 6.20 Å². The van der Waals surface area contributed by atoms with E-state index >= 15 is 0 Å². The number of nitrogens with one attached hydrogen (secondary N) is 2. The Kier molecular flexibility index (Phi) is 5.52. The SMILES string of the molecule is CCNC(=O)NC1=CN(c2cncc(F)c2)CCCC=C1C. The average molecular weight is 304 g/mol. The second-order valence-electron chi connectivity index (χ2n) is 5.11. The van der Waals surface area contributed by atoms with Crippen LogP contribution in [0.15, 0.2) is 42.0 Å². The summed E-state index contributed by atoms with van der Waals surface area (Å²) < 4.78 is 13.4. The largest absolute Gasteiger partial charge is 0.345 e. The van der Waals surface area contributed by atoms with Gasteiger partial charge < -0.3 is 15.5 Å². The molecule has 0 radical (unpaired) electrons. The number of nitrogens with zero attached hydrogens (tertiary/aromatic N) is 2. The third-order valence-corrected chi connectivity index (χ3v) is 3.37. The van der Waals surface area contributed by atoms with Gasteiger partial charge in [0.15, 0.2) is 0 Å². The standard InChI is InChI=1S/C16H21FN4O/c1-3-19-16(22)20-15-11-21(7-5-4-6-12(15)2)14-8-13(17)9-18-10-14/h6,8-11H,3-5,7H2,1-2H3,(H2,19,20,22). The van der Waals surface area contributed by atoms with Crippen LogP contribution in [0.1, 0.15) is 26.7 Å². The van der Waals surface area contributed by atoms with Crippen molar-refractivity contribution in [1.29, 1.82) is 0 Å². The fourth-order valence-electron chi connectivity index (χ4n) is 2.23. The van der Waals surface area contributed by atoms with Gasteiger partial charge in [0.25, 0.3) is 0 Å². The highest BCUT2D eigenvalue weighted by molar-refractivity contribution is 5.77. The second kappa shape index (κ2) is 7.59. The lowest BCUT2D eigenvalue weighted by Crippen LogP contribution is -2.36. The maximum atomic E-state index is 13.4. The normalized spacial score (nSPS) is 15.3. The van der Waals surface area contributed by atoms with Gasteiger partial charge in [-0.15, -0.1) is 0 Å². The summed E-state index contributed by atoms with van der Waals surface area (Å²) in [4.78, 5) is 17.6. The second-order valence-corrected chi connectivity index (χ2v) is 5.11. The Balaban J connectivity index is 2.28. The van der Waals surface area contributed by atoms with Crippen molar-refractivity contribution in [2.24, 2.45) is 0 Å². The first-order valence-corrected chi connectivity index (χ1v) is 7.41. The molecule has 5 nitrogen and oxygen atoms in total. The highest BCUT2D eigenvalue weighted by atomic mass is 19.1. The minimum atomic E-state index is -0.376. The summed E-state index contributed by atoms with van der Waals surface area (Å²) in [7, 11) is 0. The number of allylic oxidation sites excluding steroid dienone is 2. The third kappa shape index (κ3) is 4.31. The van der Waals surface area contributed by atoms with Crippen LogP contribution in [-0.4, -0.2) is 24.1 Å². The maximum Gasteiger partial charge on any atom is 0.319 e. The lowest BCUT2D eigenvalue weighted by molar-refractivity contribution is 0.244. The fourth-order valence-corrected chi connectivity index (χ4v) is 2.23. The molecule has 0 saturated carbocycles. The number of aromatic nitrogens is 1. The van der Waals surface area contributed by atoms with Crippen LogP contribution in [0.2, 0.25) is 0 Å². The highest BCUT2D eigenvalue weighted by Gasteiger charge is 2.12. The number of carbonyl (C=O) groups excluding carboxylic acids is 1. The minimum Gasteiger partial charge on any atom is -0.345 e. The van der Waals surface area contributed by atoms with E-state index < -0.39 is 0 Å². The van der Waals surface area contributed by atoms with E-state index in [4.69, 9.17) is 0 Å². The first-order valence-electron chi connectivity index (χ1n) is 7.41. The van der Waals surface area contributed by atoms with Crippen LogP contribution in [0.4, 0.5) is 14.9 Å². The third-order valence-electron chi connectivity index (χ3n) is 3.37. The molecule has 2 rings (SSSR count). The van der Waals surface area contributed by atoms with Gasteiger partial charge in [-0.3, -0.25) is 4.98 Å². The highest BCUT2D eigenvalue weighted by Crippen LogP contribution is 2.20. The van der Waals surface area contributed by atoms with E-state index in [-0.39, 0.29) is 11.8 Å². The van der Waals surface area contributed by atoms with E-state index in [9.17, 15) is 9.18 Å². The molecule has 2 N–H and O–H groups in total. The van der Waals surface area contributed by atoms with Crippen molar-refractivity contribution in [3.63, 3.8) is 0 Å². The Morgan fingerprint density at radius 2 is 2.27 bits per heavy atom. The number of carbonyl (C=O) groups is 1. The topological polar surface area (TPSA) is 57.3 Å². The van der Waals surface area contributed by atoms with Gasteiger partial charge in [-0.25, -0.2) is 9.18 Å². The average Bonchev–Trinajstić information content (AvgIpc) is 2.47. The number of halogens is 1. The molecule has 1 aromatic heterocycles. The lowest BCUT2D eigenvalue weighted by Gasteiger charge is -2.24. The van der Waals surface area contributed by atoms with Crippen molar-refractivity contribution in [1.82, 2.24) is 15.6 Å². The zero-order valence-corrected chi connectivity index (χ0v) is 12.9. The molecule has 1 aliphatic rings. The van der Waals surface area contributed by atoms with Crippen molar-refractivity contribution >= 4 is 11.7 Å². The summed E-state index contributed by atoms with van der Waals surface area (Å²) in [5, 5.41) is 5.54. The van der Waals surface area contributed by atoms with E-state index in [2.05, 4.69) is 21.7 Å². The Hall–Kier alpha value is -2.37. The van der Waals surface area contributed by atoms with Crippen LogP contribution in [0.5, 0.6) is 0 Å². The molecule has 1 aliphatic heterocycles. The summed E-state index contributed by atoms with van der Waals surface area (Å²) in [6.07, 6.45) is 8.56.